The van der Waals surface area contributed by atoms with Gasteiger partial charge in [-0.15, -0.1) is 0 Å². The number of hydrogen-bond acceptors (Lipinski definition) is 4. The largest absolute Gasteiger partial charge is 0.493 e. The van der Waals surface area contributed by atoms with E-state index in [1.54, 1.807) is 37.1 Å². The Morgan fingerprint density at radius 1 is 1.07 bits per heavy atom. The van der Waals surface area contributed by atoms with E-state index in [9.17, 15) is 9.59 Å². The van der Waals surface area contributed by atoms with E-state index in [1.165, 1.54) is 0 Å². The van der Waals surface area contributed by atoms with Crippen LogP contribution in [0.2, 0.25) is 0 Å². The number of rotatable bonds is 8. The second-order valence-corrected chi connectivity index (χ2v) is 5.99. The number of nitrogens with zero attached hydrogens (tertiary/aromatic N) is 1. The summed E-state index contributed by atoms with van der Waals surface area (Å²) in [7, 11) is 1.56. The molecule has 1 N–H and O–H groups in total. The highest BCUT2D eigenvalue weighted by atomic mass is 16.5. The Morgan fingerprint density at radius 2 is 1.85 bits per heavy atom. The van der Waals surface area contributed by atoms with Crippen molar-refractivity contribution in [2.75, 3.05) is 25.6 Å². The first-order valence-corrected chi connectivity index (χ1v) is 8.95. The number of methoxy groups -OCH3 is 1. The summed E-state index contributed by atoms with van der Waals surface area (Å²) >= 11 is 0. The SMILES string of the molecule is CCOc1cc(C(=O)Nc2cccc(CN(CC)C(C)=O)c2)ccc1OC. The molecule has 0 radical (unpaired) electrons. The van der Waals surface area contributed by atoms with Crippen molar-refractivity contribution < 1.29 is 19.1 Å². The number of hydrogen-bond donors (Lipinski definition) is 1. The quantitative estimate of drug-likeness (QED) is 0.769. The van der Waals surface area contributed by atoms with E-state index >= 15 is 0 Å². The highest BCUT2D eigenvalue weighted by molar-refractivity contribution is 6.04. The zero-order valence-electron chi connectivity index (χ0n) is 16.2. The molecule has 0 aliphatic carbocycles. The van der Waals surface area contributed by atoms with E-state index in [-0.39, 0.29) is 11.8 Å². The van der Waals surface area contributed by atoms with Crippen LogP contribution >= 0.6 is 0 Å². The molecule has 0 fully saturated rings. The van der Waals surface area contributed by atoms with Crippen molar-refractivity contribution in [1.29, 1.82) is 0 Å². The second-order valence-electron chi connectivity index (χ2n) is 5.99. The molecule has 0 bridgehead atoms. The van der Waals surface area contributed by atoms with Gasteiger partial charge in [0.2, 0.25) is 5.91 Å². The van der Waals surface area contributed by atoms with Gasteiger partial charge in [0.05, 0.1) is 13.7 Å². The fourth-order valence-electron chi connectivity index (χ4n) is 2.70. The Hall–Kier alpha value is -3.02. The molecule has 0 aromatic heterocycles. The topological polar surface area (TPSA) is 67.9 Å². The Labute approximate surface area is 160 Å². The average Bonchev–Trinajstić information content (AvgIpc) is 2.66. The van der Waals surface area contributed by atoms with Crippen LogP contribution in [0.3, 0.4) is 0 Å². The van der Waals surface area contributed by atoms with Crippen LogP contribution in [0, 0.1) is 0 Å². The molecule has 0 heterocycles. The standard InChI is InChI=1S/C21H26N2O4/c1-5-23(15(3)24)14-16-8-7-9-18(12-16)22-21(25)17-10-11-19(26-4)20(13-17)27-6-2/h7-13H,5-6,14H2,1-4H3,(H,22,25). The smallest absolute Gasteiger partial charge is 0.255 e. The van der Waals surface area contributed by atoms with Crippen molar-refractivity contribution in [2.24, 2.45) is 0 Å². The van der Waals surface area contributed by atoms with E-state index < -0.39 is 0 Å². The van der Waals surface area contributed by atoms with Crippen LogP contribution in [-0.2, 0) is 11.3 Å². The molecule has 2 aromatic rings. The van der Waals surface area contributed by atoms with Gasteiger partial charge in [0.1, 0.15) is 0 Å². The van der Waals surface area contributed by atoms with Crippen LogP contribution < -0.4 is 14.8 Å². The number of amides is 2. The van der Waals surface area contributed by atoms with Gasteiger partial charge < -0.3 is 19.7 Å². The van der Waals surface area contributed by atoms with Gasteiger partial charge in [0.15, 0.2) is 11.5 Å². The lowest BCUT2D eigenvalue weighted by Crippen LogP contribution is -2.27. The molecule has 0 unspecified atom stereocenters. The molecular formula is C21H26N2O4. The molecule has 2 aromatic carbocycles. The molecular weight excluding hydrogens is 344 g/mol. The first-order chi connectivity index (χ1) is 13.0. The molecule has 6 heteroatoms. The third-order valence-electron chi connectivity index (χ3n) is 4.11. The summed E-state index contributed by atoms with van der Waals surface area (Å²) in [5, 5.41) is 2.89. The summed E-state index contributed by atoms with van der Waals surface area (Å²) in [5.41, 5.74) is 2.10. The fourth-order valence-corrected chi connectivity index (χ4v) is 2.70. The monoisotopic (exact) mass is 370 g/mol. The van der Waals surface area contributed by atoms with E-state index in [0.717, 1.165) is 5.56 Å². The van der Waals surface area contributed by atoms with Gasteiger partial charge in [-0.25, -0.2) is 0 Å². The maximum atomic E-state index is 12.6. The summed E-state index contributed by atoms with van der Waals surface area (Å²) in [5.74, 6) is 0.893. The highest BCUT2D eigenvalue weighted by Crippen LogP contribution is 2.28. The van der Waals surface area contributed by atoms with Gasteiger partial charge in [-0.2, -0.15) is 0 Å². The number of anilines is 1. The lowest BCUT2D eigenvalue weighted by atomic mass is 10.1. The summed E-state index contributed by atoms with van der Waals surface area (Å²) in [4.78, 5) is 25.9. The van der Waals surface area contributed by atoms with Crippen molar-refractivity contribution in [3.05, 3.63) is 53.6 Å². The van der Waals surface area contributed by atoms with Gasteiger partial charge in [-0.05, 0) is 49.7 Å². The van der Waals surface area contributed by atoms with Gasteiger partial charge in [-0.3, -0.25) is 9.59 Å². The Morgan fingerprint density at radius 3 is 2.48 bits per heavy atom. The number of carbonyl (C=O) groups excluding carboxylic acids is 2. The summed E-state index contributed by atoms with van der Waals surface area (Å²) in [6.45, 7) is 6.98. The summed E-state index contributed by atoms with van der Waals surface area (Å²) in [6, 6.07) is 12.5. The highest BCUT2D eigenvalue weighted by Gasteiger charge is 2.12. The first kappa shape index (κ1) is 20.3. The van der Waals surface area contributed by atoms with Gasteiger partial charge in [-0.1, -0.05) is 12.1 Å². The zero-order chi connectivity index (χ0) is 19.8. The van der Waals surface area contributed by atoms with E-state index in [4.69, 9.17) is 9.47 Å². The maximum absolute atomic E-state index is 12.6. The van der Waals surface area contributed by atoms with E-state index in [2.05, 4.69) is 5.32 Å². The number of nitrogens with one attached hydrogen (secondary N) is 1. The predicted octanol–water partition coefficient (Wildman–Crippen LogP) is 3.71. The Bertz CT molecular complexity index is 805. The predicted molar refractivity (Wildman–Crippen MR) is 105 cm³/mol. The Kier molecular flexibility index (Phi) is 7.23. The number of carbonyl (C=O) groups is 2. The van der Waals surface area contributed by atoms with E-state index in [1.807, 2.05) is 38.1 Å². The average molecular weight is 370 g/mol. The minimum atomic E-state index is -0.241. The molecule has 0 saturated heterocycles. The van der Waals surface area contributed by atoms with Crippen LogP contribution in [-0.4, -0.2) is 37.0 Å². The normalized spacial score (nSPS) is 10.2. The number of ether oxygens (including phenoxy) is 2. The number of benzene rings is 2. The second kappa shape index (κ2) is 9.62. The zero-order valence-corrected chi connectivity index (χ0v) is 16.2. The van der Waals surface area contributed by atoms with Crippen molar-refractivity contribution in [2.45, 2.75) is 27.3 Å². The lowest BCUT2D eigenvalue weighted by Gasteiger charge is -2.19. The summed E-state index contributed by atoms with van der Waals surface area (Å²) < 4.78 is 10.8. The van der Waals surface area contributed by atoms with Crippen LogP contribution in [0.15, 0.2) is 42.5 Å². The van der Waals surface area contributed by atoms with Crippen LogP contribution in [0.1, 0.15) is 36.7 Å². The van der Waals surface area contributed by atoms with Gasteiger partial charge in [0.25, 0.3) is 5.91 Å². The van der Waals surface area contributed by atoms with Crippen molar-refractivity contribution in [3.8, 4) is 11.5 Å². The van der Waals surface area contributed by atoms with Gasteiger partial charge >= 0.3 is 0 Å². The summed E-state index contributed by atoms with van der Waals surface area (Å²) in [6.07, 6.45) is 0. The minimum Gasteiger partial charge on any atom is -0.493 e. The molecule has 2 amide bonds. The molecule has 2 rings (SSSR count). The molecule has 0 aliphatic heterocycles. The molecule has 27 heavy (non-hydrogen) atoms. The fraction of sp³-hybridized carbons (Fsp3) is 0.333. The van der Waals surface area contributed by atoms with Gasteiger partial charge in [0, 0.05) is 31.3 Å². The molecule has 0 aliphatic rings. The maximum Gasteiger partial charge on any atom is 0.255 e. The van der Waals surface area contributed by atoms with Crippen molar-refractivity contribution >= 4 is 17.5 Å². The lowest BCUT2D eigenvalue weighted by molar-refractivity contribution is -0.129. The minimum absolute atomic E-state index is 0.0219. The van der Waals surface area contributed by atoms with Crippen LogP contribution in [0.25, 0.3) is 0 Å². The van der Waals surface area contributed by atoms with Crippen LogP contribution in [0.5, 0.6) is 11.5 Å². The molecule has 6 nitrogen and oxygen atoms in total. The van der Waals surface area contributed by atoms with Crippen molar-refractivity contribution in [1.82, 2.24) is 4.90 Å². The van der Waals surface area contributed by atoms with Crippen molar-refractivity contribution in [3.63, 3.8) is 0 Å². The molecule has 0 saturated carbocycles. The van der Waals surface area contributed by atoms with Crippen LogP contribution in [0.4, 0.5) is 5.69 Å². The third kappa shape index (κ3) is 5.48. The molecule has 0 spiro atoms. The first-order valence-electron chi connectivity index (χ1n) is 8.95. The molecule has 0 atom stereocenters. The Balaban J connectivity index is 2.15. The molecule has 144 valence electrons. The van der Waals surface area contributed by atoms with E-state index in [0.29, 0.717) is 42.4 Å². The third-order valence-corrected chi connectivity index (χ3v) is 4.11.